The molecule has 0 bridgehead atoms. The number of sulfone groups is 1. The number of aromatic nitrogens is 2. The van der Waals surface area contributed by atoms with Gasteiger partial charge in [-0.05, 0) is 24.1 Å². The Hall–Kier alpha value is -1.89. The molecular weight excluding hydrogens is 400 g/mol. The lowest BCUT2D eigenvalue weighted by atomic mass is 10.1. The predicted molar refractivity (Wildman–Crippen MR) is 97.1 cm³/mol. The first-order valence-electron chi connectivity index (χ1n) is 7.46. The number of carbonyl (C=O) groups excluding carboxylic acids is 1. The van der Waals surface area contributed by atoms with Crippen LogP contribution in [-0.4, -0.2) is 39.2 Å². The summed E-state index contributed by atoms with van der Waals surface area (Å²) in [5.74, 6) is -0.379. The van der Waals surface area contributed by atoms with Crippen LogP contribution in [0.4, 0.5) is 5.13 Å². The summed E-state index contributed by atoms with van der Waals surface area (Å²) >= 11 is 0.738. The van der Waals surface area contributed by atoms with Crippen LogP contribution >= 0.6 is 11.3 Å². The van der Waals surface area contributed by atoms with Crippen molar-refractivity contribution in [2.45, 2.75) is 35.5 Å². The number of anilines is 1. The average molecular weight is 419 g/mol. The van der Waals surface area contributed by atoms with E-state index in [1.54, 1.807) is 19.1 Å². The summed E-state index contributed by atoms with van der Waals surface area (Å²) in [4.78, 5) is 11.2. The maximum absolute atomic E-state index is 12.5. The first-order valence-corrected chi connectivity index (χ1v) is 11.7. The molecule has 9 nitrogen and oxygen atoms in total. The van der Waals surface area contributed by atoms with E-state index in [0.717, 1.165) is 17.6 Å². The molecule has 1 amide bonds. The molecule has 0 radical (unpaired) electrons. The molecule has 26 heavy (non-hydrogen) atoms. The Morgan fingerprint density at radius 3 is 2.27 bits per heavy atom. The van der Waals surface area contributed by atoms with E-state index >= 15 is 0 Å². The Labute approximate surface area is 155 Å². The molecule has 1 heterocycles. The van der Waals surface area contributed by atoms with E-state index < -0.39 is 25.9 Å². The van der Waals surface area contributed by atoms with Crippen LogP contribution in [-0.2, 0) is 24.7 Å². The van der Waals surface area contributed by atoms with E-state index in [1.807, 2.05) is 0 Å². The molecule has 2 aromatic rings. The van der Waals surface area contributed by atoms with Crippen molar-refractivity contribution in [3.63, 3.8) is 0 Å². The lowest BCUT2D eigenvalue weighted by Crippen LogP contribution is -2.28. The minimum absolute atomic E-state index is 0.0865. The van der Waals surface area contributed by atoms with Gasteiger partial charge in [0, 0.05) is 19.2 Å². The lowest BCUT2D eigenvalue weighted by molar-refractivity contribution is -0.114. The van der Waals surface area contributed by atoms with Gasteiger partial charge >= 0.3 is 0 Å². The van der Waals surface area contributed by atoms with Gasteiger partial charge < -0.3 is 5.32 Å². The fourth-order valence-corrected chi connectivity index (χ4v) is 4.99. The van der Waals surface area contributed by atoms with E-state index in [2.05, 4.69) is 20.2 Å². The lowest BCUT2D eigenvalue weighted by Gasteiger charge is -2.16. The number of hydrogen-bond acceptors (Lipinski definition) is 8. The number of carbonyl (C=O) groups is 1. The van der Waals surface area contributed by atoms with Crippen molar-refractivity contribution in [1.82, 2.24) is 14.9 Å². The van der Waals surface area contributed by atoms with E-state index in [9.17, 15) is 21.6 Å². The van der Waals surface area contributed by atoms with Crippen molar-refractivity contribution in [1.29, 1.82) is 0 Å². The van der Waals surface area contributed by atoms with Crippen LogP contribution in [0.5, 0.6) is 0 Å². The van der Waals surface area contributed by atoms with Gasteiger partial charge in [0.05, 0.1) is 4.90 Å². The zero-order valence-electron chi connectivity index (χ0n) is 14.3. The molecule has 142 valence electrons. The van der Waals surface area contributed by atoms with Crippen molar-refractivity contribution in [2.75, 3.05) is 11.6 Å². The molecule has 12 heteroatoms. The van der Waals surface area contributed by atoms with Crippen molar-refractivity contribution in [2.24, 2.45) is 0 Å². The molecular formula is C14H18N4O5S3. The first-order chi connectivity index (χ1) is 12.0. The average Bonchev–Trinajstić information content (AvgIpc) is 3.00. The Balaban J connectivity index is 2.23. The third-order valence-corrected chi connectivity index (χ3v) is 7.14. The second-order valence-electron chi connectivity index (χ2n) is 5.48. The van der Waals surface area contributed by atoms with E-state index in [0.29, 0.717) is 12.0 Å². The maximum Gasteiger partial charge on any atom is 0.270 e. The normalized spacial score (nSPS) is 13.3. The molecule has 0 unspecified atom stereocenters. The fourth-order valence-electron chi connectivity index (χ4n) is 2.09. The summed E-state index contributed by atoms with van der Waals surface area (Å²) in [7, 11) is -7.27. The van der Waals surface area contributed by atoms with Gasteiger partial charge in [0.25, 0.3) is 10.0 Å². The van der Waals surface area contributed by atoms with Gasteiger partial charge in [0.1, 0.15) is 0 Å². The Morgan fingerprint density at radius 1 is 1.15 bits per heavy atom. The highest BCUT2D eigenvalue weighted by Gasteiger charge is 2.25. The smallest absolute Gasteiger partial charge is 0.270 e. The molecule has 0 saturated heterocycles. The maximum atomic E-state index is 12.5. The first kappa shape index (κ1) is 20.4. The highest BCUT2D eigenvalue weighted by molar-refractivity contribution is 7.91. The van der Waals surface area contributed by atoms with Gasteiger partial charge in [0.15, 0.2) is 9.84 Å². The topological polar surface area (TPSA) is 135 Å². The third kappa shape index (κ3) is 5.06. The van der Waals surface area contributed by atoms with Gasteiger partial charge in [-0.3, -0.25) is 4.79 Å². The van der Waals surface area contributed by atoms with Crippen LogP contribution in [0.15, 0.2) is 33.5 Å². The van der Waals surface area contributed by atoms with Gasteiger partial charge in [-0.15, -0.1) is 10.2 Å². The molecule has 0 aliphatic rings. The molecule has 1 aromatic carbocycles. The number of hydrogen-bond donors (Lipinski definition) is 2. The molecule has 0 fully saturated rings. The van der Waals surface area contributed by atoms with Crippen LogP contribution in [0.2, 0.25) is 0 Å². The largest absolute Gasteiger partial charge is 0.301 e. The number of nitrogens with one attached hydrogen (secondary N) is 2. The van der Waals surface area contributed by atoms with Crippen molar-refractivity contribution in [3.05, 3.63) is 29.8 Å². The van der Waals surface area contributed by atoms with Crippen LogP contribution in [0.25, 0.3) is 0 Å². The molecule has 1 aromatic heterocycles. The van der Waals surface area contributed by atoms with E-state index in [-0.39, 0.29) is 20.3 Å². The highest BCUT2D eigenvalue weighted by Crippen LogP contribution is 2.24. The van der Waals surface area contributed by atoms with Crippen LogP contribution in [0.1, 0.15) is 31.9 Å². The zero-order chi connectivity index (χ0) is 19.5. The van der Waals surface area contributed by atoms with Crippen LogP contribution in [0, 0.1) is 0 Å². The monoisotopic (exact) mass is 418 g/mol. The molecule has 0 aliphatic heterocycles. The summed E-state index contributed by atoms with van der Waals surface area (Å²) in [5, 5.41) is 9.67. The van der Waals surface area contributed by atoms with Gasteiger partial charge in [-0.25, -0.2) is 21.6 Å². The summed E-state index contributed by atoms with van der Waals surface area (Å²) in [5.41, 5.74) is 0.620. The number of nitrogens with zero attached hydrogens (tertiary/aromatic N) is 2. The summed E-state index contributed by atoms with van der Waals surface area (Å²) < 4.78 is 50.3. The van der Waals surface area contributed by atoms with E-state index in [4.69, 9.17) is 0 Å². The number of benzene rings is 1. The van der Waals surface area contributed by atoms with Crippen molar-refractivity contribution in [3.8, 4) is 0 Å². The molecule has 1 atom stereocenters. The standard InChI is InChI=1S/C14H18N4O5S3/c1-4-12(10-5-7-11(8-6-10)25(3,20)21)18-26(22,23)14-17-16-13(24-14)15-9(2)19/h5-8,12,18H,4H2,1-3H3,(H,15,16,19)/t12-/m0/s1. The fraction of sp³-hybridized carbons (Fsp3) is 0.357. The predicted octanol–water partition coefficient (Wildman–Crippen LogP) is 1.33. The molecule has 0 aliphatic carbocycles. The summed E-state index contributed by atoms with van der Waals surface area (Å²) in [6, 6.07) is 5.43. The quantitative estimate of drug-likeness (QED) is 0.648. The Kier molecular flexibility index (Phi) is 6.11. The second kappa shape index (κ2) is 7.78. The molecule has 2 rings (SSSR count). The second-order valence-corrected chi connectivity index (χ2v) is 10.4. The van der Waals surface area contributed by atoms with Crippen molar-refractivity contribution >= 4 is 42.2 Å². The van der Waals surface area contributed by atoms with Crippen LogP contribution in [0.3, 0.4) is 0 Å². The number of sulfonamides is 1. The Bertz CT molecular complexity index is 997. The summed E-state index contributed by atoms with van der Waals surface area (Å²) in [6.45, 7) is 3.07. The SMILES string of the molecule is CC[C@H](NS(=O)(=O)c1nnc(NC(C)=O)s1)c1ccc(S(C)(=O)=O)cc1. The van der Waals surface area contributed by atoms with E-state index in [1.165, 1.54) is 19.1 Å². The van der Waals surface area contributed by atoms with Gasteiger partial charge in [-0.2, -0.15) is 0 Å². The number of amides is 1. The third-order valence-electron chi connectivity index (χ3n) is 3.34. The minimum Gasteiger partial charge on any atom is -0.301 e. The zero-order valence-corrected chi connectivity index (χ0v) is 16.7. The number of rotatable bonds is 7. The summed E-state index contributed by atoms with van der Waals surface area (Å²) in [6.07, 6.45) is 1.54. The van der Waals surface area contributed by atoms with Crippen molar-refractivity contribution < 1.29 is 21.6 Å². The van der Waals surface area contributed by atoms with Crippen LogP contribution < -0.4 is 10.0 Å². The molecule has 0 spiro atoms. The Morgan fingerprint density at radius 2 is 1.77 bits per heavy atom. The molecule has 2 N–H and O–H groups in total. The minimum atomic E-state index is -3.95. The van der Waals surface area contributed by atoms with Gasteiger partial charge in [-0.1, -0.05) is 30.4 Å². The highest BCUT2D eigenvalue weighted by atomic mass is 32.2. The van der Waals surface area contributed by atoms with Gasteiger partial charge in [0.2, 0.25) is 15.4 Å². The molecule has 0 saturated carbocycles.